The van der Waals surface area contributed by atoms with Gasteiger partial charge in [-0.25, -0.2) is 14.6 Å². The summed E-state index contributed by atoms with van der Waals surface area (Å²) in [6.45, 7) is 1.62. The van der Waals surface area contributed by atoms with Gasteiger partial charge in [-0.15, -0.1) is 0 Å². The number of nitro groups is 1. The number of benzene rings is 3. The normalized spacial score (nSPS) is 14.1. The monoisotopic (exact) mass is 462 g/mol. The van der Waals surface area contributed by atoms with Crippen molar-refractivity contribution >= 4 is 41.2 Å². The standard InChI is InChI=1S/C24H15ClN2O6/c1-14-2-5-17(13-21(14)27(30)31)22-26-20(24(29)33-22)12-15-3-10-19(11-4-15)32-23(28)16-6-8-18(25)9-7-16/h2-13H,1H3/b20-12-. The largest absolute Gasteiger partial charge is 0.423 e. The van der Waals surface area contributed by atoms with Crippen molar-refractivity contribution in [2.45, 2.75) is 6.92 Å². The number of esters is 2. The van der Waals surface area contributed by atoms with E-state index in [-0.39, 0.29) is 17.3 Å². The van der Waals surface area contributed by atoms with Crippen LogP contribution in [-0.2, 0) is 9.53 Å². The van der Waals surface area contributed by atoms with Crippen LogP contribution in [0.5, 0.6) is 5.75 Å². The molecule has 1 aliphatic rings. The van der Waals surface area contributed by atoms with Crippen molar-refractivity contribution < 1.29 is 24.0 Å². The highest BCUT2D eigenvalue weighted by Crippen LogP contribution is 2.25. The van der Waals surface area contributed by atoms with E-state index in [2.05, 4.69) is 4.99 Å². The molecule has 33 heavy (non-hydrogen) atoms. The molecule has 0 saturated carbocycles. The fourth-order valence-corrected chi connectivity index (χ4v) is 3.14. The fraction of sp³-hybridized carbons (Fsp3) is 0.0417. The number of hydrogen-bond acceptors (Lipinski definition) is 7. The van der Waals surface area contributed by atoms with Crippen molar-refractivity contribution in [2.24, 2.45) is 4.99 Å². The van der Waals surface area contributed by atoms with Crippen LogP contribution in [0.4, 0.5) is 5.69 Å². The van der Waals surface area contributed by atoms with Gasteiger partial charge in [0.25, 0.3) is 5.69 Å². The van der Waals surface area contributed by atoms with Gasteiger partial charge in [-0.1, -0.05) is 29.8 Å². The van der Waals surface area contributed by atoms with Crippen LogP contribution in [0.1, 0.15) is 27.0 Å². The predicted octanol–water partition coefficient (Wildman–Crippen LogP) is 5.12. The Kier molecular flexibility index (Phi) is 6.01. The minimum atomic E-state index is -0.675. The minimum absolute atomic E-state index is 0.0112. The van der Waals surface area contributed by atoms with E-state index < -0.39 is 16.9 Å². The highest BCUT2D eigenvalue weighted by Gasteiger charge is 2.25. The van der Waals surface area contributed by atoms with E-state index in [1.807, 2.05) is 0 Å². The van der Waals surface area contributed by atoms with Gasteiger partial charge in [0.15, 0.2) is 5.70 Å². The van der Waals surface area contributed by atoms with Crippen LogP contribution in [0.3, 0.4) is 0 Å². The van der Waals surface area contributed by atoms with Gasteiger partial charge in [0, 0.05) is 22.2 Å². The number of hydrogen-bond donors (Lipinski definition) is 0. The van der Waals surface area contributed by atoms with Crippen molar-refractivity contribution in [3.05, 3.63) is 110 Å². The molecular formula is C24H15ClN2O6. The number of aryl methyl sites for hydroxylation is 1. The second kappa shape index (κ2) is 9.05. The van der Waals surface area contributed by atoms with Gasteiger partial charge >= 0.3 is 11.9 Å². The van der Waals surface area contributed by atoms with Crippen LogP contribution in [0.2, 0.25) is 5.02 Å². The number of nitro benzene ring substituents is 1. The average molecular weight is 463 g/mol. The van der Waals surface area contributed by atoms with Crippen LogP contribution < -0.4 is 4.74 Å². The summed E-state index contributed by atoms with van der Waals surface area (Å²) in [5, 5.41) is 11.7. The van der Waals surface area contributed by atoms with E-state index in [9.17, 15) is 19.7 Å². The summed E-state index contributed by atoms with van der Waals surface area (Å²) in [6.07, 6.45) is 1.50. The molecule has 0 amide bonds. The van der Waals surface area contributed by atoms with Crippen LogP contribution in [0.25, 0.3) is 6.08 Å². The van der Waals surface area contributed by atoms with Crippen molar-refractivity contribution in [1.82, 2.24) is 0 Å². The van der Waals surface area contributed by atoms with Gasteiger partial charge in [0.05, 0.1) is 10.5 Å². The fourth-order valence-electron chi connectivity index (χ4n) is 3.01. The molecule has 164 valence electrons. The van der Waals surface area contributed by atoms with Crippen molar-refractivity contribution in [1.29, 1.82) is 0 Å². The van der Waals surface area contributed by atoms with Gasteiger partial charge in [0.1, 0.15) is 5.75 Å². The number of halogens is 1. The summed E-state index contributed by atoms with van der Waals surface area (Å²) < 4.78 is 10.5. The summed E-state index contributed by atoms with van der Waals surface area (Å²) in [6, 6.07) is 17.2. The summed E-state index contributed by atoms with van der Waals surface area (Å²) in [7, 11) is 0. The molecule has 0 unspecified atom stereocenters. The van der Waals surface area contributed by atoms with Crippen LogP contribution in [-0.4, -0.2) is 22.8 Å². The highest BCUT2D eigenvalue weighted by molar-refractivity contribution is 6.30. The zero-order valence-corrected chi connectivity index (χ0v) is 17.9. The molecule has 0 spiro atoms. The van der Waals surface area contributed by atoms with Gasteiger partial charge in [-0.3, -0.25) is 10.1 Å². The first kappa shape index (κ1) is 21.9. The quantitative estimate of drug-likeness (QED) is 0.171. The predicted molar refractivity (Wildman–Crippen MR) is 121 cm³/mol. The second-order valence-corrected chi connectivity index (χ2v) is 7.50. The maximum Gasteiger partial charge on any atom is 0.363 e. The topological polar surface area (TPSA) is 108 Å². The van der Waals surface area contributed by atoms with Crippen molar-refractivity contribution in [3.8, 4) is 5.75 Å². The number of carbonyl (C=O) groups excluding carboxylic acids is 2. The third kappa shape index (κ3) is 4.97. The molecule has 0 saturated heterocycles. The molecule has 8 nitrogen and oxygen atoms in total. The first-order valence-corrected chi connectivity index (χ1v) is 10.0. The Labute approximate surface area is 192 Å². The van der Waals surface area contributed by atoms with E-state index in [1.165, 1.54) is 12.1 Å². The summed E-state index contributed by atoms with van der Waals surface area (Å²) in [5.41, 5.74) is 1.74. The minimum Gasteiger partial charge on any atom is -0.423 e. The number of carbonyl (C=O) groups is 2. The first-order valence-electron chi connectivity index (χ1n) is 9.66. The maximum absolute atomic E-state index is 12.2. The van der Waals surface area contributed by atoms with Gasteiger partial charge in [-0.2, -0.15) is 0 Å². The summed E-state index contributed by atoms with van der Waals surface area (Å²) in [5.74, 6) is -0.893. The molecule has 0 aliphatic carbocycles. The number of cyclic esters (lactones) is 1. The lowest BCUT2D eigenvalue weighted by molar-refractivity contribution is -0.385. The number of nitrogens with zero attached hydrogens (tertiary/aromatic N) is 2. The van der Waals surface area contributed by atoms with E-state index in [0.29, 0.717) is 33.0 Å². The lowest BCUT2D eigenvalue weighted by atomic mass is 10.1. The SMILES string of the molecule is Cc1ccc(C2=N/C(=C\c3ccc(OC(=O)c4ccc(Cl)cc4)cc3)C(=O)O2)cc1[N+](=O)[O-]. The van der Waals surface area contributed by atoms with Gasteiger partial charge in [-0.05, 0) is 61.0 Å². The molecule has 3 aromatic rings. The number of ether oxygens (including phenoxy) is 2. The molecule has 1 heterocycles. The third-order valence-electron chi connectivity index (χ3n) is 4.75. The van der Waals surface area contributed by atoms with E-state index in [4.69, 9.17) is 21.1 Å². The molecule has 0 atom stereocenters. The molecule has 3 aromatic carbocycles. The molecule has 0 radical (unpaired) electrons. The molecule has 1 aliphatic heterocycles. The Balaban J connectivity index is 1.50. The molecule has 0 aromatic heterocycles. The number of rotatable bonds is 5. The smallest absolute Gasteiger partial charge is 0.363 e. The van der Waals surface area contributed by atoms with Crippen molar-refractivity contribution in [2.75, 3.05) is 0 Å². The van der Waals surface area contributed by atoms with E-state index >= 15 is 0 Å². The molecule has 0 N–H and O–H groups in total. The van der Waals surface area contributed by atoms with Crippen LogP contribution in [0.15, 0.2) is 77.4 Å². The zero-order chi connectivity index (χ0) is 23.5. The molecule has 0 fully saturated rings. The Morgan fingerprint density at radius 2 is 1.79 bits per heavy atom. The molecule has 9 heteroatoms. The van der Waals surface area contributed by atoms with E-state index in [1.54, 1.807) is 67.6 Å². The van der Waals surface area contributed by atoms with Gasteiger partial charge in [0.2, 0.25) is 5.90 Å². The third-order valence-corrected chi connectivity index (χ3v) is 5.00. The summed E-state index contributed by atoms with van der Waals surface area (Å²) in [4.78, 5) is 39.2. The lowest BCUT2D eigenvalue weighted by Gasteiger charge is -2.05. The van der Waals surface area contributed by atoms with Crippen molar-refractivity contribution in [3.63, 3.8) is 0 Å². The Morgan fingerprint density at radius 1 is 1.09 bits per heavy atom. The average Bonchev–Trinajstić information content (AvgIpc) is 3.15. The zero-order valence-electron chi connectivity index (χ0n) is 17.2. The maximum atomic E-state index is 12.2. The Bertz CT molecular complexity index is 1330. The second-order valence-electron chi connectivity index (χ2n) is 7.06. The van der Waals surface area contributed by atoms with Gasteiger partial charge < -0.3 is 9.47 Å². The number of aliphatic imine (C=N–C) groups is 1. The Hall–Kier alpha value is -4.30. The van der Waals surface area contributed by atoms with Crippen LogP contribution in [0, 0.1) is 17.0 Å². The Morgan fingerprint density at radius 3 is 2.45 bits per heavy atom. The molecular weight excluding hydrogens is 448 g/mol. The molecule has 0 bridgehead atoms. The molecule has 4 rings (SSSR count). The summed E-state index contributed by atoms with van der Waals surface area (Å²) >= 11 is 5.82. The van der Waals surface area contributed by atoms with E-state index in [0.717, 1.165) is 0 Å². The highest BCUT2D eigenvalue weighted by atomic mass is 35.5. The first-order chi connectivity index (χ1) is 15.8. The van der Waals surface area contributed by atoms with Crippen LogP contribution >= 0.6 is 11.6 Å². The lowest BCUT2D eigenvalue weighted by Crippen LogP contribution is -2.08.